The van der Waals surface area contributed by atoms with Crippen molar-refractivity contribution in [2.75, 3.05) is 35.4 Å². The Balaban J connectivity index is 1.19. The normalized spacial score (nSPS) is 42.3. The third-order valence-corrected chi connectivity index (χ3v) is 14.5. The monoisotopic (exact) mass is 807 g/mol. The Hall–Kier alpha value is -2.48. The molecule has 1 aromatic rings. The van der Waals surface area contributed by atoms with Crippen molar-refractivity contribution < 1.29 is 47.5 Å². The zero-order valence-corrected chi connectivity index (χ0v) is 36.3. The number of hydrogen-bond donors (Lipinski definition) is 0. The van der Waals surface area contributed by atoms with Gasteiger partial charge >= 0.3 is 5.97 Å². The van der Waals surface area contributed by atoms with Crippen LogP contribution in [0.4, 0.5) is 0 Å². The summed E-state index contributed by atoms with van der Waals surface area (Å²) < 4.78 is 50.3. The third kappa shape index (κ3) is 8.94. The molecule has 0 aromatic heterocycles. The van der Waals surface area contributed by atoms with Gasteiger partial charge in [-0.25, -0.2) is 0 Å². The molecule has 0 amide bonds. The lowest BCUT2D eigenvalue weighted by Gasteiger charge is -2.44. The molecular formula is C47H69NO10. The Morgan fingerprint density at radius 2 is 1.48 bits per heavy atom. The number of allylic oxidation sites excluding steroid dienone is 4. The Morgan fingerprint density at radius 3 is 2.16 bits per heavy atom. The molecule has 3 saturated heterocycles. The number of fused-ring (bicyclic) bond motifs is 5. The summed E-state index contributed by atoms with van der Waals surface area (Å²) in [5.41, 5.74) is 3.17. The maximum Gasteiger partial charge on any atom is 0.306 e. The van der Waals surface area contributed by atoms with Crippen LogP contribution in [0.2, 0.25) is 0 Å². The van der Waals surface area contributed by atoms with Crippen LogP contribution in [0, 0.1) is 35.5 Å². The van der Waals surface area contributed by atoms with Crippen molar-refractivity contribution in [3.63, 3.8) is 0 Å². The molecule has 58 heavy (non-hydrogen) atoms. The molecule has 1 saturated carbocycles. The molecule has 4 fully saturated rings. The van der Waals surface area contributed by atoms with Gasteiger partial charge in [-0.2, -0.15) is 0 Å². The van der Waals surface area contributed by atoms with Crippen LogP contribution in [-0.4, -0.2) is 120 Å². The smallest absolute Gasteiger partial charge is 0.306 e. The van der Waals surface area contributed by atoms with Crippen LogP contribution >= 0.6 is 0 Å². The van der Waals surface area contributed by atoms with E-state index in [2.05, 4.69) is 69.3 Å². The summed E-state index contributed by atoms with van der Waals surface area (Å²) in [6.45, 7) is 8.19. The topological polar surface area (TPSA) is 111 Å². The van der Waals surface area contributed by atoms with Crippen molar-refractivity contribution in [3.8, 4) is 0 Å². The molecule has 322 valence electrons. The number of likely N-dealkylation sites (N-methyl/N-ethyl adjacent to an activating group) is 1. The van der Waals surface area contributed by atoms with Gasteiger partial charge in [0.05, 0.1) is 30.8 Å². The lowest BCUT2D eigenvalue weighted by molar-refractivity contribution is -0.314. The number of Topliss-reactive ketones (excluding diaryl/α,β-unsaturated/α-hetero) is 1. The number of carbonyl (C=O) groups excluding carboxylic acids is 2. The van der Waals surface area contributed by atoms with Gasteiger partial charge < -0.3 is 42.8 Å². The van der Waals surface area contributed by atoms with Gasteiger partial charge in [0.1, 0.15) is 24.4 Å². The maximum atomic E-state index is 15.0. The largest absolute Gasteiger partial charge is 0.462 e. The molecule has 6 aliphatic rings. The second kappa shape index (κ2) is 19.1. The van der Waals surface area contributed by atoms with Crippen molar-refractivity contribution in [1.82, 2.24) is 4.90 Å². The van der Waals surface area contributed by atoms with E-state index in [1.165, 1.54) is 5.57 Å². The van der Waals surface area contributed by atoms with Crippen molar-refractivity contribution in [1.29, 1.82) is 0 Å². The molecule has 3 aliphatic carbocycles. The highest BCUT2D eigenvalue weighted by molar-refractivity contribution is 5.99. The van der Waals surface area contributed by atoms with Crippen LogP contribution in [0.25, 0.3) is 5.57 Å². The molecule has 5 unspecified atom stereocenters. The Kier molecular flexibility index (Phi) is 14.3. The predicted octanol–water partition coefficient (Wildman–Crippen LogP) is 7.01. The molecule has 0 radical (unpaired) electrons. The first-order valence-corrected chi connectivity index (χ1v) is 22.0. The van der Waals surface area contributed by atoms with Crippen LogP contribution < -0.4 is 0 Å². The number of cyclic esters (lactones) is 1. The molecule has 7 rings (SSSR count). The molecule has 0 bridgehead atoms. The van der Waals surface area contributed by atoms with E-state index in [9.17, 15) is 4.79 Å². The molecule has 17 atom stereocenters. The number of hydrogen-bond acceptors (Lipinski definition) is 11. The minimum atomic E-state index is -0.635. The number of ether oxygens (including phenoxy) is 8. The average molecular weight is 808 g/mol. The highest BCUT2D eigenvalue weighted by Crippen LogP contribution is 2.58. The molecule has 0 spiro atoms. The quantitative estimate of drug-likeness (QED) is 0.228. The highest BCUT2D eigenvalue weighted by Gasteiger charge is 2.54. The fraction of sp³-hybridized carbons (Fsp3) is 0.745. The summed E-state index contributed by atoms with van der Waals surface area (Å²) in [6, 6.07) is 10.9. The Labute approximate surface area is 346 Å². The molecule has 3 heterocycles. The van der Waals surface area contributed by atoms with Gasteiger partial charge in [0.15, 0.2) is 18.4 Å². The minimum absolute atomic E-state index is 0.0230. The summed E-state index contributed by atoms with van der Waals surface area (Å²) in [5.74, 6) is -0.458. The second-order valence-corrected chi connectivity index (χ2v) is 18.0. The van der Waals surface area contributed by atoms with Gasteiger partial charge in [-0.3, -0.25) is 9.59 Å². The van der Waals surface area contributed by atoms with Crippen LogP contribution in [0.5, 0.6) is 0 Å². The lowest BCUT2D eigenvalue weighted by Crippen LogP contribution is -2.59. The number of nitrogens with zero attached hydrogens (tertiary/aromatic N) is 1. The standard InChI is InChI=1S/C47H69NO10/c1-10-30-17-14-18-40(58-42-20-19-39(48(5)6)27(3)54-42)26(2)43(50)38-24-36-34-22-31(57-47-46(53-9)45(52-8)44(51-7)28(4)55-47)21-33(34)32(29-15-12-11-13-16-29)23-35(36)37(38)25-41(49)56-30/h11-13,15-16,23-24,26-28,30-31,33-37,39-40,42,44-47H,10,14,17-22,25H2,1-9H3/t26-,27?,28?,30+,31-,33?,34-,35?,36+,37+,39+,40+,42+,44+,45?,46+,47+/m1/s1. The molecule has 11 nitrogen and oxygen atoms in total. The van der Waals surface area contributed by atoms with Crippen LogP contribution in [0.1, 0.15) is 91.0 Å². The van der Waals surface area contributed by atoms with E-state index < -0.39 is 18.3 Å². The van der Waals surface area contributed by atoms with E-state index in [0.29, 0.717) is 12.5 Å². The fourth-order valence-corrected chi connectivity index (χ4v) is 11.5. The number of benzene rings is 1. The van der Waals surface area contributed by atoms with Gasteiger partial charge in [-0.1, -0.05) is 56.3 Å². The van der Waals surface area contributed by atoms with Gasteiger partial charge in [0.2, 0.25) is 0 Å². The predicted molar refractivity (Wildman–Crippen MR) is 220 cm³/mol. The second-order valence-electron chi connectivity index (χ2n) is 18.0. The summed E-state index contributed by atoms with van der Waals surface area (Å²) in [5, 5.41) is 0. The Bertz CT molecular complexity index is 1620. The molecule has 1 aromatic carbocycles. The van der Waals surface area contributed by atoms with E-state index in [4.69, 9.17) is 37.9 Å². The SMILES string of the molecule is CC[C@H]1CCC[C@H](O[C@H]2CC[C@H](N(C)C)C(C)O2)[C@@H](C)C(=O)C2=C[C@@H]3C(C=C(c4ccccc4)C4C[C@@H](O[C@@H]5OC(C)[C@H](OC)C(OC)[C@@H]5OC)C[C@H]43)[C@@H]2CC(=O)O1. The molecule has 11 heteroatoms. The highest BCUT2D eigenvalue weighted by atomic mass is 16.7. The summed E-state index contributed by atoms with van der Waals surface area (Å²) in [7, 11) is 9.18. The van der Waals surface area contributed by atoms with Crippen molar-refractivity contribution in [2.45, 2.75) is 153 Å². The van der Waals surface area contributed by atoms with E-state index in [-0.39, 0.29) is 96.8 Å². The summed E-state index contributed by atoms with van der Waals surface area (Å²) in [4.78, 5) is 31.1. The summed E-state index contributed by atoms with van der Waals surface area (Å²) in [6.07, 6.45) is 8.13. The first kappa shape index (κ1) is 43.6. The fourth-order valence-electron chi connectivity index (χ4n) is 11.5. The first-order chi connectivity index (χ1) is 28.0. The summed E-state index contributed by atoms with van der Waals surface area (Å²) >= 11 is 0. The molecule has 3 aliphatic heterocycles. The third-order valence-electron chi connectivity index (χ3n) is 14.5. The van der Waals surface area contributed by atoms with E-state index in [0.717, 1.165) is 56.1 Å². The Morgan fingerprint density at radius 1 is 0.759 bits per heavy atom. The molecular weight excluding hydrogens is 739 g/mol. The van der Waals surface area contributed by atoms with E-state index >= 15 is 4.79 Å². The van der Waals surface area contributed by atoms with Crippen molar-refractivity contribution >= 4 is 17.3 Å². The lowest BCUT2D eigenvalue weighted by atomic mass is 9.66. The van der Waals surface area contributed by atoms with E-state index in [1.807, 2.05) is 19.9 Å². The zero-order chi connectivity index (χ0) is 41.2. The number of methoxy groups -OCH3 is 3. The van der Waals surface area contributed by atoms with E-state index in [1.54, 1.807) is 21.3 Å². The number of esters is 1. The maximum absolute atomic E-state index is 15.0. The number of rotatable bonds is 10. The van der Waals surface area contributed by atoms with Gasteiger partial charge in [-0.05, 0) is 120 Å². The van der Waals surface area contributed by atoms with Gasteiger partial charge in [0, 0.05) is 39.2 Å². The first-order valence-electron chi connectivity index (χ1n) is 22.0. The number of carbonyl (C=O) groups is 2. The minimum Gasteiger partial charge on any atom is -0.462 e. The average Bonchev–Trinajstić information content (AvgIpc) is 3.79. The van der Waals surface area contributed by atoms with Gasteiger partial charge in [-0.15, -0.1) is 0 Å². The van der Waals surface area contributed by atoms with Gasteiger partial charge in [0.25, 0.3) is 0 Å². The molecule has 0 N–H and O–H groups in total. The van der Waals surface area contributed by atoms with Crippen LogP contribution in [0.3, 0.4) is 0 Å². The van der Waals surface area contributed by atoms with Crippen molar-refractivity contribution in [3.05, 3.63) is 53.6 Å². The zero-order valence-electron chi connectivity index (χ0n) is 36.3. The van der Waals surface area contributed by atoms with Crippen molar-refractivity contribution in [2.24, 2.45) is 35.5 Å². The number of ketones is 1. The van der Waals surface area contributed by atoms with Crippen LogP contribution in [-0.2, 0) is 47.5 Å². The van der Waals surface area contributed by atoms with Crippen LogP contribution in [0.15, 0.2) is 48.1 Å².